The Morgan fingerprint density at radius 3 is 2.65 bits per heavy atom. The van der Waals surface area contributed by atoms with Crippen molar-refractivity contribution in [2.75, 3.05) is 20.1 Å². The van der Waals surface area contributed by atoms with Crippen LogP contribution in [0.4, 0.5) is 0 Å². The predicted molar refractivity (Wildman–Crippen MR) is 71.8 cm³/mol. The van der Waals surface area contributed by atoms with E-state index in [1.807, 2.05) is 11.7 Å². The van der Waals surface area contributed by atoms with Crippen molar-refractivity contribution in [1.82, 2.24) is 14.7 Å². The Kier molecular flexibility index (Phi) is 4.71. The highest BCUT2D eigenvalue weighted by Gasteiger charge is 2.19. The first-order valence-electron chi connectivity index (χ1n) is 6.28. The van der Waals surface area contributed by atoms with Crippen LogP contribution >= 0.6 is 0 Å². The molecule has 98 valence electrons. The van der Waals surface area contributed by atoms with Crippen molar-refractivity contribution >= 4 is 0 Å². The molecule has 1 rings (SSSR count). The molecule has 0 aliphatic heterocycles. The summed E-state index contributed by atoms with van der Waals surface area (Å²) in [6, 6.07) is 0. The maximum atomic E-state index is 5.77. The summed E-state index contributed by atoms with van der Waals surface area (Å²) < 4.78 is 1.90. The van der Waals surface area contributed by atoms with E-state index in [2.05, 4.69) is 44.0 Å². The second-order valence-corrected chi connectivity index (χ2v) is 5.67. The summed E-state index contributed by atoms with van der Waals surface area (Å²) in [5.41, 5.74) is 8.46. The van der Waals surface area contributed by atoms with E-state index in [9.17, 15) is 0 Å². The summed E-state index contributed by atoms with van der Waals surface area (Å²) in [7, 11) is 4.12. The number of nitrogens with zero attached hydrogens (tertiary/aromatic N) is 3. The summed E-state index contributed by atoms with van der Waals surface area (Å²) in [4.78, 5) is 2.32. The molecular weight excluding hydrogens is 212 g/mol. The monoisotopic (exact) mass is 238 g/mol. The van der Waals surface area contributed by atoms with Gasteiger partial charge in [-0.2, -0.15) is 5.10 Å². The van der Waals surface area contributed by atoms with Crippen LogP contribution in [0.2, 0.25) is 0 Å². The molecule has 4 heteroatoms. The fourth-order valence-corrected chi connectivity index (χ4v) is 2.16. The Morgan fingerprint density at radius 1 is 1.47 bits per heavy atom. The molecule has 1 heterocycles. The first kappa shape index (κ1) is 14.2. The number of hydrogen-bond donors (Lipinski definition) is 1. The Hall–Kier alpha value is -0.870. The fourth-order valence-electron chi connectivity index (χ4n) is 2.16. The lowest BCUT2D eigenvalue weighted by Crippen LogP contribution is -2.36. The first-order valence-corrected chi connectivity index (χ1v) is 6.28. The van der Waals surface area contributed by atoms with E-state index >= 15 is 0 Å². The molecule has 0 saturated carbocycles. The zero-order valence-electron chi connectivity index (χ0n) is 11.8. The van der Waals surface area contributed by atoms with Gasteiger partial charge in [-0.05, 0) is 25.4 Å². The van der Waals surface area contributed by atoms with Gasteiger partial charge in [0.2, 0.25) is 0 Å². The van der Waals surface area contributed by atoms with Crippen molar-refractivity contribution in [2.24, 2.45) is 18.2 Å². The molecule has 0 fully saturated rings. The minimum Gasteiger partial charge on any atom is -0.330 e. The summed E-state index contributed by atoms with van der Waals surface area (Å²) in [5, 5.41) is 4.46. The third-order valence-corrected chi connectivity index (χ3v) is 3.02. The van der Waals surface area contributed by atoms with Gasteiger partial charge in [0.1, 0.15) is 0 Å². The van der Waals surface area contributed by atoms with Gasteiger partial charge in [-0.1, -0.05) is 20.8 Å². The van der Waals surface area contributed by atoms with Crippen LogP contribution in [0.15, 0.2) is 6.20 Å². The lowest BCUT2D eigenvalue weighted by Gasteiger charge is -2.28. The number of aryl methyl sites for hydroxylation is 2. The largest absolute Gasteiger partial charge is 0.330 e. The normalized spacial score (nSPS) is 12.4. The van der Waals surface area contributed by atoms with Crippen LogP contribution in [0, 0.1) is 5.41 Å². The van der Waals surface area contributed by atoms with Crippen molar-refractivity contribution in [1.29, 1.82) is 0 Å². The zero-order valence-corrected chi connectivity index (χ0v) is 11.8. The van der Waals surface area contributed by atoms with Gasteiger partial charge in [-0.25, -0.2) is 0 Å². The molecule has 0 atom stereocenters. The number of aromatic nitrogens is 2. The molecule has 0 bridgehead atoms. The molecule has 2 N–H and O–H groups in total. The van der Waals surface area contributed by atoms with E-state index in [0.29, 0.717) is 6.54 Å². The number of nitrogens with two attached hydrogens (primary N) is 1. The maximum absolute atomic E-state index is 5.77. The van der Waals surface area contributed by atoms with Crippen molar-refractivity contribution in [3.63, 3.8) is 0 Å². The van der Waals surface area contributed by atoms with Crippen LogP contribution in [0.25, 0.3) is 0 Å². The molecule has 0 unspecified atom stereocenters. The quantitative estimate of drug-likeness (QED) is 0.815. The Morgan fingerprint density at radius 2 is 2.12 bits per heavy atom. The van der Waals surface area contributed by atoms with Gasteiger partial charge in [0, 0.05) is 31.9 Å². The molecule has 0 aromatic carbocycles. The molecular formula is C13H26N4. The molecule has 17 heavy (non-hydrogen) atoms. The smallest absolute Gasteiger partial charge is 0.0666 e. The molecule has 0 amide bonds. The van der Waals surface area contributed by atoms with Crippen molar-refractivity contribution in [3.8, 4) is 0 Å². The van der Waals surface area contributed by atoms with E-state index in [1.165, 1.54) is 11.3 Å². The van der Waals surface area contributed by atoms with Crippen LogP contribution < -0.4 is 5.73 Å². The van der Waals surface area contributed by atoms with Gasteiger partial charge >= 0.3 is 0 Å². The summed E-state index contributed by atoms with van der Waals surface area (Å²) in [6.45, 7) is 9.21. The van der Waals surface area contributed by atoms with Crippen LogP contribution in [0.1, 0.15) is 32.0 Å². The van der Waals surface area contributed by atoms with E-state index in [0.717, 1.165) is 19.5 Å². The minimum absolute atomic E-state index is 0.170. The van der Waals surface area contributed by atoms with E-state index in [-0.39, 0.29) is 5.41 Å². The SMILES string of the molecule is CCc1nn(C)cc1CN(C)CC(C)(C)CN. The number of hydrogen-bond acceptors (Lipinski definition) is 3. The molecule has 1 aromatic rings. The van der Waals surface area contributed by atoms with Gasteiger partial charge in [-0.3, -0.25) is 4.68 Å². The van der Waals surface area contributed by atoms with E-state index in [1.54, 1.807) is 0 Å². The zero-order chi connectivity index (χ0) is 13.1. The van der Waals surface area contributed by atoms with Crippen LogP contribution in [0.5, 0.6) is 0 Å². The molecule has 0 radical (unpaired) electrons. The highest BCUT2D eigenvalue weighted by Crippen LogP contribution is 2.16. The Balaban J connectivity index is 2.64. The van der Waals surface area contributed by atoms with E-state index in [4.69, 9.17) is 5.73 Å². The summed E-state index contributed by atoms with van der Waals surface area (Å²) in [5.74, 6) is 0. The first-order chi connectivity index (χ1) is 7.88. The topological polar surface area (TPSA) is 47.1 Å². The lowest BCUT2D eigenvalue weighted by molar-refractivity contribution is 0.209. The second kappa shape index (κ2) is 5.65. The van der Waals surface area contributed by atoms with Gasteiger partial charge < -0.3 is 10.6 Å². The number of rotatable bonds is 6. The standard InChI is InChI=1S/C13H26N4/c1-6-12-11(8-17(5)15-12)7-16(4)10-13(2,3)9-14/h8H,6-7,9-10,14H2,1-5H3. The van der Waals surface area contributed by atoms with Gasteiger partial charge in [0.15, 0.2) is 0 Å². The molecule has 0 aliphatic carbocycles. The average Bonchev–Trinajstić information content (AvgIpc) is 2.57. The average molecular weight is 238 g/mol. The summed E-state index contributed by atoms with van der Waals surface area (Å²) in [6.07, 6.45) is 3.11. The van der Waals surface area contributed by atoms with Gasteiger partial charge in [0.05, 0.1) is 5.69 Å². The van der Waals surface area contributed by atoms with E-state index < -0.39 is 0 Å². The third kappa shape index (κ3) is 4.13. The maximum Gasteiger partial charge on any atom is 0.0666 e. The van der Waals surface area contributed by atoms with Crippen molar-refractivity contribution in [3.05, 3.63) is 17.5 Å². The second-order valence-electron chi connectivity index (χ2n) is 5.67. The molecule has 0 saturated heterocycles. The van der Waals surface area contributed by atoms with Crippen LogP contribution in [-0.2, 0) is 20.0 Å². The molecule has 1 aromatic heterocycles. The van der Waals surface area contributed by atoms with Crippen LogP contribution in [0.3, 0.4) is 0 Å². The molecule has 0 aliphatic rings. The van der Waals surface area contributed by atoms with Crippen molar-refractivity contribution in [2.45, 2.75) is 33.7 Å². The van der Waals surface area contributed by atoms with Gasteiger partial charge in [0.25, 0.3) is 0 Å². The molecule has 4 nitrogen and oxygen atoms in total. The highest BCUT2D eigenvalue weighted by molar-refractivity contribution is 5.16. The van der Waals surface area contributed by atoms with Crippen molar-refractivity contribution < 1.29 is 0 Å². The van der Waals surface area contributed by atoms with Crippen LogP contribution in [-0.4, -0.2) is 34.8 Å². The Labute approximate surface area is 105 Å². The molecule has 0 spiro atoms. The summed E-state index contributed by atoms with van der Waals surface area (Å²) >= 11 is 0. The highest BCUT2D eigenvalue weighted by atomic mass is 15.3. The fraction of sp³-hybridized carbons (Fsp3) is 0.769. The minimum atomic E-state index is 0.170. The Bertz CT molecular complexity index is 354. The predicted octanol–water partition coefficient (Wildman–Crippen LogP) is 1.40. The lowest BCUT2D eigenvalue weighted by atomic mass is 9.93. The van der Waals surface area contributed by atoms with Gasteiger partial charge in [-0.15, -0.1) is 0 Å². The third-order valence-electron chi connectivity index (χ3n) is 3.02.